The van der Waals surface area contributed by atoms with Crippen LogP contribution in [0.5, 0.6) is 0 Å². The molecule has 0 radical (unpaired) electrons. The van der Waals surface area contributed by atoms with Crippen LogP contribution < -0.4 is 0 Å². The second-order valence-corrected chi connectivity index (χ2v) is 6.48. The average molecular weight is 335 g/mol. The maximum atomic E-state index is 13.1. The number of rotatable bonds is 6. The lowest BCUT2D eigenvalue weighted by Gasteiger charge is -2.21. The van der Waals surface area contributed by atoms with Crippen molar-refractivity contribution in [1.29, 1.82) is 0 Å². The number of carbonyl (C=O) groups excluding carboxylic acids is 1. The number of carbonyl (C=O) groups is 1. The Labute approximate surface area is 146 Å². The van der Waals surface area contributed by atoms with Gasteiger partial charge >= 0.3 is 0 Å². The van der Waals surface area contributed by atoms with Crippen LogP contribution in [-0.2, 0) is 6.54 Å². The molecule has 1 amide bonds. The largest absolute Gasteiger partial charge is 0.395 e. The van der Waals surface area contributed by atoms with E-state index in [1.165, 1.54) is 0 Å². The second kappa shape index (κ2) is 6.69. The van der Waals surface area contributed by atoms with Gasteiger partial charge in [-0.1, -0.05) is 36.4 Å². The number of aromatic nitrogens is 2. The van der Waals surface area contributed by atoms with E-state index in [9.17, 15) is 9.90 Å². The van der Waals surface area contributed by atoms with Crippen LogP contribution in [0, 0.1) is 0 Å². The van der Waals surface area contributed by atoms with Crippen molar-refractivity contribution in [2.45, 2.75) is 25.3 Å². The van der Waals surface area contributed by atoms with Crippen LogP contribution in [-0.4, -0.2) is 38.4 Å². The second-order valence-electron chi connectivity index (χ2n) is 6.48. The average Bonchev–Trinajstić information content (AvgIpc) is 3.42. The molecule has 0 atom stereocenters. The lowest BCUT2D eigenvalue weighted by molar-refractivity contribution is 0.0704. The highest BCUT2D eigenvalue weighted by Gasteiger charge is 2.31. The molecule has 1 fully saturated rings. The van der Waals surface area contributed by atoms with Gasteiger partial charge in [0.05, 0.1) is 12.1 Å². The standard InChI is InChI=1S/C20H21N3O2/c24-13-12-22(14-15-6-2-1-3-7-15)20(25)18-17-8-4-5-11-23(17)19(21-18)16-9-10-16/h1-8,11,16,24H,9-10,12-14H2. The molecule has 1 saturated carbocycles. The van der Waals surface area contributed by atoms with E-state index in [1.807, 2.05) is 59.1 Å². The van der Waals surface area contributed by atoms with Crippen molar-refractivity contribution in [1.82, 2.24) is 14.3 Å². The third-order valence-corrected chi connectivity index (χ3v) is 4.59. The van der Waals surface area contributed by atoms with Gasteiger partial charge in [0.2, 0.25) is 0 Å². The van der Waals surface area contributed by atoms with Crippen LogP contribution in [0.15, 0.2) is 54.7 Å². The molecule has 1 aromatic carbocycles. The minimum Gasteiger partial charge on any atom is -0.395 e. The number of nitrogens with zero attached hydrogens (tertiary/aromatic N) is 3. The summed E-state index contributed by atoms with van der Waals surface area (Å²) in [6.45, 7) is 0.684. The van der Waals surface area contributed by atoms with E-state index in [-0.39, 0.29) is 12.5 Å². The SMILES string of the molecule is O=C(c1nc(C2CC2)n2ccccc12)N(CCO)Cc1ccccc1. The van der Waals surface area contributed by atoms with Gasteiger partial charge in [-0.2, -0.15) is 0 Å². The Hall–Kier alpha value is -2.66. The zero-order valence-electron chi connectivity index (χ0n) is 14.0. The molecule has 1 N–H and O–H groups in total. The summed E-state index contributed by atoms with van der Waals surface area (Å²) in [6.07, 6.45) is 4.23. The number of imidazole rings is 1. The number of amides is 1. The molecule has 2 aromatic heterocycles. The van der Waals surface area contributed by atoms with Crippen LogP contribution in [0.3, 0.4) is 0 Å². The van der Waals surface area contributed by atoms with Crippen molar-refractivity contribution in [3.8, 4) is 0 Å². The number of aliphatic hydroxyl groups excluding tert-OH is 1. The van der Waals surface area contributed by atoms with Crippen molar-refractivity contribution in [3.63, 3.8) is 0 Å². The Kier molecular flexibility index (Phi) is 4.24. The molecular weight excluding hydrogens is 314 g/mol. The van der Waals surface area contributed by atoms with Crippen molar-refractivity contribution in [2.75, 3.05) is 13.2 Å². The Morgan fingerprint density at radius 1 is 1.16 bits per heavy atom. The summed E-state index contributed by atoms with van der Waals surface area (Å²) in [7, 11) is 0. The molecule has 2 heterocycles. The molecule has 0 bridgehead atoms. The van der Waals surface area contributed by atoms with Crippen molar-refractivity contribution in [3.05, 3.63) is 71.8 Å². The van der Waals surface area contributed by atoms with Gasteiger partial charge in [0.1, 0.15) is 5.82 Å². The fourth-order valence-corrected chi connectivity index (χ4v) is 3.18. The number of fused-ring (bicyclic) bond motifs is 1. The fraction of sp³-hybridized carbons (Fsp3) is 0.300. The first-order valence-corrected chi connectivity index (χ1v) is 8.69. The highest BCUT2D eigenvalue weighted by Crippen LogP contribution is 2.40. The van der Waals surface area contributed by atoms with Gasteiger partial charge < -0.3 is 14.4 Å². The van der Waals surface area contributed by atoms with Crippen LogP contribution in [0.25, 0.3) is 5.52 Å². The monoisotopic (exact) mass is 335 g/mol. The summed E-state index contributed by atoms with van der Waals surface area (Å²) in [5.74, 6) is 1.30. The first-order valence-electron chi connectivity index (χ1n) is 8.69. The summed E-state index contributed by atoms with van der Waals surface area (Å²) in [5, 5.41) is 9.41. The summed E-state index contributed by atoms with van der Waals surface area (Å²) in [4.78, 5) is 19.5. The maximum absolute atomic E-state index is 13.1. The molecule has 1 aliphatic carbocycles. The van der Waals surface area contributed by atoms with Crippen LogP contribution in [0.2, 0.25) is 0 Å². The Morgan fingerprint density at radius 3 is 2.64 bits per heavy atom. The van der Waals surface area contributed by atoms with Crippen LogP contribution >= 0.6 is 0 Å². The molecule has 0 unspecified atom stereocenters. The predicted octanol–water partition coefficient (Wildman–Crippen LogP) is 2.85. The lowest BCUT2D eigenvalue weighted by atomic mass is 10.2. The predicted molar refractivity (Wildman–Crippen MR) is 95.4 cm³/mol. The fourth-order valence-electron chi connectivity index (χ4n) is 3.18. The molecule has 1 aliphatic rings. The van der Waals surface area contributed by atoms with Gasteiger partial charge in [-0.15, -0.1) is 0 Å². The Bertz CT molecular complexity index is 884. The number of hydrogen-bond donors (Lipinski definition) is 1. The zero-order chi connectivity index (χ0) is 17.2. The van der Waals surface area contributed by atoms with E-state index >= 15 is 0 Å². The molecule has 0 spiro atoms. The van der Waals surface area contributed by atoms with E-state index in [0.717, 1.165) is 29.7 Å². The molecule has 25 heavy (non-hydrogen) atoms. The molecular formula is C20H21N3O2. The number of benzene rings is 1. The van der Waals surface area contributed by atoms with E-state index in [1.54, 1.807) is 4.90 Å². The number of aliphatic hydroxyl groups is 1. The first kappa shape index (κ1) is 15.8. The van der Waals surface area contributed by atoms with E-state index in [0.29, 0.717) is 24.7 Å². The minimum atomic E-state index is -0.131. The molecule has 5 nitrogen and oxygen atoms in total. The number of pyridine rings is 1. The molecule has 4 rings (SSSR count). The van der Waals surface area contributed by atoms with Gasteiger partial charge in [0.15, 0.2) is 5.69 Å². The molecule has 0 saturated heterocycles. The van der Waals surface area contributed by atoms with Gasteiger partial charge in [-0.3, -0.25) is 4.79 Å². The normalized spacial score (nSPS) is 14.0. The molecule has 0 aliphatic heterocycles. The van der Waals surface area contributed by atoms with Gasteiger partial charge in [0.25, 0.3) is 5.91 Å². The van der Waals surface area contributed by atoms with E-state index in [4.69, 9.17) is 0 Å². The minimum absolute atomic E-state index is 0.0696. The smallest absolute Gasteiger partial charge is 0.275 e. The molecule has 5 heteroatoms. The van der Waals surface area contributed by atoms with E-state index in [2.05, 4.69) is 4.98 Å². The maximum Gasteiger partial charge on any atom is 0.275 e. The highest BCUT2D eigenvalue weighted by atomic mass is 16.3. The van der Waals surface area contributed by atoms with Crippen molar-refractivity contribution in [2.24, 2.45) is 0 Å². The highest BCUT2D eigenvalue weighted by molar-refractivity contribution is 5.99. The third kappa shape index (κ3) is 3.15. The number of hydrogen-bond acceptors (Lipinski definition) is 3. The summed E-state index contributed by atoms with van der Waals surface area (Å²) >= 11 is 0. The first-order chi connectivity index (χ1) is 12.3. The lowest BCUT2D eigenvalue weighted by Crippen LogP contribution is -2.33. The summed E-state index contributed by atoms with van der Waals surface area (Å²) in [6, 6.07) is 15.7. The van der Waals surface area contributed by atoms with Gasteiger partial charge in [-0.25, -0.2) is 4.98 Å². The Balaban J connectivity index is 1.69. The van der Waals surface area contributed by atoms with Gasteiger partial charge in [0, 0.05) is 25.2 Å². The van der Waals surface area contributed by atoms with Crippen molar-refractivity contribution >= 4 is 11.4 Å². The third-order valence-electron chi connectivity index (χ3n) is 4.59. The van der Waals surface area contributed by atoms with Crippen LogP contribution in [0.1, 0.15) is 40.6 Å². The quantitative estimate of drug-likeness (QED) is 0.753. The topological polar surface area (TPSA) is 57.8 Å². The van der Waals surface area contributed by atoms with Crippen LogP contribution in [0.4, 0.5) is 0 Å². The molecule has 3 aromatic rings. The summed E-state index contributed by atoms with van der Waals surface area (Å²) in [5.41, 5.74) is 2.35. The molecule has 128 valence electrons. The van der Waals surface area contributed by atoms with E-state index < -0.39 is 0 Å². The zero-order valence-corrected chi connectivity index (χ0v) is 14.0. The summed E-state index contributed by atoms with van der Waals surface area (Å²) < 4.78 is 2.03. The Morgan fingerprint density at radius 2 is 1.92 bits per heavy atom. The van der Waals surface area contributed by atoms with Gasteiger partial charge in [-0.05, 0) is 30.5 Å². The van der Waals surface area contributed by atoms with Crippen molar-refractivity contribution < 1.29 is 9.90 Å².